The van der Waals surface area contributed by atoms with Gasteiger partial charge in [-0.2, -0.15) is 0 Å². The molecule has 0 aromatic rings. The van der Waals surface area contributed by atoms with Gasteiger partial charge in [-0.05, 0) is 40.0 Å². The zero-order valence-electron chi connectivity index (χ0n) is 73.0. The van der Waals surface area contributed by atoms with Crippen molar-refractivity contribution in [2.45, 2.75) is 562 Å². The van der Waals surface area contributed by atoms with Gasteiger partial charge in [-0.15, -0.1) is 0 Å². The maximum absolute atomic E-state index is 11.3. The highest BCUT2D eigenvalue weighted by Gasteiger charge is 2.07. The molecule has 6 nitrogen and oxygen atoms in total. The van der Waals surface area contributed by atoms with Gasteiger partial charge in [0.2, 0.25) is 0 Å². The van der Waals surface area contributed by atoms with E-state index in [9.17, 15) is 14.4 Å². The average molecular weight is 1480 g/mol. The lowest BCUT2D eigenvalue weighted by Gasteiger charge is -2.05. The second-order valence-corrected chi connectivity index (χ2v) is 33.3. The average Bonchev–Trinajstić information content (AvgIpc) is 2.70. The molecule has 0 rings (SSSR count). The van der Waals surface area contributed by atoms with Gasteiger partial charge >= 0.3 is 17.9 Å². The third-order valence-electron chi connectivity index (χ3n) is 22.0. The fourth-order valence-corrected chi connectivity index (χ4v) is 14.6. The van der Waals surface area contributed by atoms with Gasteiger partial charge in [0.05, 0.1) is 19.8 Å². The van der Waals surface area contributed by atoms with Crippen LogP contribution in [0.15, 0.2) is 36.5 Å². The Morgan fingerprint density at radius 3 is 0.305 bits per heavy atom. The molecule has 0 fully saturated rings. The van der Waals surface area contributed by atoms with E-state index in [2.05, 4.69) is 40.5 Å². The first-order valence-corrected chi connectivity index (χ1v) is 48.0. The third kappa shape index (κ3) is 102. The van der Waals surface area contributed by atoms with Crippen LogP contribution in [0.5, 0.6) is 0 Å². The second kappa shape index (κ2) is 97.7. The minimum Gasteiger partial charge on any atom is -0.462 e. The van der Waals surface area contributed by atoms with Gasteiger partial charge in [0, 0.05) is 16.7 Å². The number of carbonyl (C=O) groups excluding carboxylic acids is 3. The summed E-state index contributed by atoms with van der Waals surface area (Å²) in [6.45, 7) is 24.4. The van der Waals surface area contributed by atoms with E-state index >= 15 is 0 Å². The molecule has 0 N–H and O–H groups in total. The quantitative estimate of drug-likeness (QED) is 0.0261. The van der Waals surface area contributed by atoms with Gasteiger partial charge in [0.1, 0.15) is 0 Å². The minimum atomic E-state index is -0.250. The Morgan fingerprint density at radius 2 is 0.229 bits per heavy atom. The lowest BCUT2D eigenvalue weighted by Crippen LogP contribution is -2.05. The number of hydrogen-bond acceptors (Lipinski definition) is 6. The number of hydrogen-bond donors (Lipinski definition) is 0. The van der Waals surface area contributed by atoms with E-state index in [4.69, 9.17) is 14.2 Å². The van der Waals surface area contributed by atoms with Crippen molar-refractivity contribution in [3.63, 3.8) is 0 Å². The number of unbranched alkanes of at least 4 members (excludes halogenated alkanes) is 78. The summed E-state index contributed by atoms with van der Waals surface area (Å²) in [6, 6.07) is 0. The zero-order valence-corrected chi connectivity index (χ0v) is 73.0. The second-order valence-electron chi connectivity index (χ2n) is 33.3. The lowest BCUT2D eigenvalue weighted by atomic mass is 10.0. The van der Waals surface area contributed by atoms with Crippen molar-refractivity contribution in [1.29, 1.82) is 0 Å². The van der Waals surface area contributed by atoms with Crippen molar-refractivity contribution < 1.29 is 28.6 Å². The van der Waals surface area contributed by atoms with Crippen molar-refractivity contribution in [3.05, 3.63) is 36.5 Å². The van der Waals surface area contributed by atoms with Crippen LogP contribution >= 0.6 is 0 Å². The fourth-order valence-electron chi connectivity index (χ4n) is 14.6. The van der Waals surface area contributed by atoms with Crippen molar-refractivity contribution >= 4 is 17.9 Å². The zero-order chi connectivity index (χ0) is 77.0. The summed E-state index contributed by atoms with van der Waals surface area (Å²) < 4.78 is 15.4. The molecule has 0 spiro atoms. The molecule has 0 bridgehead atoms. The maximum Gasteiger partial charge on any atom is 0.333 e. The van der Waals surface area contributed by atoms with Gasteiger partial charge < -0.3 is 14.2 Å². The predicted molar refractivity (Wildman–Crippen MR) is 468 cm³/mol. The van der Waals surface area contributed by atoms with Crippen molar-refractivity contribution in [2.24, 2.45) is 0 Å². The summed E-state index contributed by atoms with van der Waals surface area (Å²) in [4.78, 5) is 33.8. The van der Waals surface area contributed by atoms with E-state index in [0.717, 1.165) is 19.3 Å². The number of esters is 3. The molecule has 0 aliphatic rings. The van der Waals surface area contributed by atoms with E-state index in [-0.39, 0.29) is 17.9 Å². The van der Waals surface area contributed by atoms with Crippen molar-refractivity contribution in [3.8, 4) is 0 Å². The van der Waals surface area contributed by atoms with Crippen LogP contribution < -0.4 is 0 Å². The first-order valence-electron chi connectivity index (χ1n) is 48.0. The van der Waals surface area contributed by atoms with E-state index in [1.54, 1.807) is 20.8 Å². The predicted octanol–water partition coefficient (Wildman–Crippen LogP) is 35.0. The van der Waals surface area contributed by atoms with E-state index in [1.807, 2.05) is 0 Å². The summed E-state index contributed by atoms with van der Waals surface area (Å²) in [7, 11) is 0. The normalized spacial score (nSPS) is 11.1. The monoisotopic (exact) mass is 1480 g/mol. The van der Waals surface area contributed by atoms with Crippen molar-refractivity contribution in [2.75, 3.05) is 19.8 Å². The Morgan fingerprint density at radius 1 is 0.152 bits per heavy atom. The van der Waals surface area contributed by atoms with E-state index in [0.29, 0.717) is 36.5 Å². The summed E-state index contributed by atoms with van der Waals surface area (Å²) >= 11 is 0. The molecule has 0 aliphatic carbocycles. The Balaban J connectivity index is -0.00000149. The molecule has 0 heterocycles. The SMILES string of the molecule is C=C(C)C(=O)OCCCCCCCCCCCCCCCCCCCCCCCCCCCC.C=C(C)C(=O)OCCCCCCCCCCCCCCCCCCCCCCCCCCCCC.C=C(C)C(=O)OCCCCCCCCCCCCCCCCCCCCCCCCCCCCCC. The molecular formula is C99H192O6. The van der Waals surface area contributed by atoms with Crippen LogP contribution in [0, 0.1) is 0 Å². The van der Waals surface area contributed by atoms with Crippen molar-refractivity contribution in [1.82, 2.24) is 0 Å². The van der Waals surface area contributed by atoms with Crippen LogP contribution in [0.25, 0.3) is 0 Å². The largest absolute Gasteiger partial charge is 0.462 e. The topological polar surface area (TPSA) is 78.9 Å². The molecule has 0 saturated heterocycles. The summed E-state index contributed by atoms with van der Waals surface area (Å²) in [5.74, 6) is -0.751. The van der Waals surface area contributed by atoms with Crippen LogP contribution in [0.3, 0.4) is 0 Å². The van der Waals surface area contributed by atoms with Crippen LogP contribution in [0.2, 0.25) is 0 Å². The van der Waals surface area contributed by atoms with Crippen LogP contribution in [-0.4, -0.2) is 37.7 Å². The summed E-state index contributed by atoms with van der Waals surface area (Å²) in [5, 5.41) is 0. The Kier molecular flexibility index (Phi) is 99.4. The summed E-state index contributed by atoms with van der Waals surface area (Å²) in [5.41, 5.74) is 1.49. The van der Waals surface area contributed by atoms with Gasteiger partial charge in [-0.1, -0.05) is 541 Å². The van der Waals surface area contributed by atoms with Crippen LogP contribution in [0.4, 0.5) is 0 Å². The highest BCUT2D eigenvalue weighted by molar-refractivity contribution is 5.87. The molecule has 0 atom stereocenters. The standard InChI is InChI=1S/C34H66O2.C33H64O2.C32H62O2/c1-4-5-6-7-8-9-10-11-12-13-14-15-16-17-18-19-20-21-22-23-24-25-26-27-28-29-30-31-32-36-34(35)33(2)3;1-4-5-6-7-8-9-10-11-12-13-14-15-16-17-18-19-20-21-22-23-24-25-26-27-28-29-30-31-35-33(34)32(2)3;1-4-5-6-7-8-9-10-11-12-13-14-15-16-17-18-19-20-21-22-23-24-25-26-27-28-29-30-34-32(33)31(2)3/h2,4-32H2,1,3H3;2,4-31H2,1,3H3;2,4-30H2,1,3H3. The van der Waals surface area contributed by atoms with Gasteiger partial charge in [-0.25, -0.2) is 14.4 Å². The Bertz CT molecular complexity index is 1720. The minimum absolute atomic E-state index is 0.250. The molecule has 0 aromatic heterocycles. The molecule has 0 saturated carbocycles. The molecule has 624 valence electrons. The van der Waals surface area contributed by atoms with Gasteiger partial charge in [-0.3, -0.25) is 0 Å². The Hall–Kier alpha value is -2.37. The molecule has 6 heteroatoms. The van der Waals surface area contributed by atoms with Gasteiger partial charge in [0.15, 0.2) is 0 Å². The van der Waals surface area contributed by atoms with E-state index in [1.165, 1.54) is 501 Å². The molecular weight excluding hydrogens is 1290 g/mol. The van der Waals surface area contributed by atoms with E-state index < -0.39 is 0 Å². The first-order chi connectivity index (χ1) is 51.5. The smallest absolute Gasteiger partial charge is 0.333 e. The molecule has 0 radical (unpaired) electrons. The summed E-state index contributed by atoms with van der Waals surface area (Å²) in [6.07, 6.45) is 114. The molecule has 105 heavy (non-hydrogen) atoms. The van der Waals surface area contributed by atoms with Crippen LogP contribution in [-0.2, 0) is 28.6 Å². The fraction of sp³-hybridized carbons (Fsp3) is 0.909. The lowest BCUT2D eigenvalue weighted by molar-refractivity contribution is -0.139. The number of ether oxygens (including phenoxy) is 3. The first kappa shape index (κ1) is 107. The molecule has 0 amide bonds. The molecule has 0 aliphatic heterocycles. The third-order valence-corrected chi connectivity index (χ3v) is 22.0. The highest BCUT2D eigenvalue weighted by Crippen LogP contribution is 2.22. The highest BCUT2D eigenvalue weighted by atomic mass is 16.5. The van der Waals surface area contributed by atoms with Crippen LogP contribution in [0.1, 0.15) is 562 Å². The Labute approximate surface area is 660 Å². The van der Waals surface area contributed by atoms with Gasteiger partial charge in [0.25, 0.3) is 0 Å². The number of carbonyl (C=O) groups is 3. The molecule has 0 aromatic carbocycles. The molecule has 0 unspecified atom stereocenters. The number of rotatable bonds is 87. The maximum atomic E-state index is 11.3.